The largest absolute Gasteiger partial charge is 0.458 e. The lowest BCUT2D eigenvalue weighted by molar-refractivity contribution is -0.155. The second-order valence-corrected chi connectivity index (χ2v) is 7.02. The predicted molar refractivity (Wildman–Crippen MR) is 73.9 cm³/mol. The van der Waals surface area contributed by atoms with Gasteiger partial charge in [0.05, 0.1) is 12.3 Å². The molecule has 2 saturated heterocycles. The Hall–Kier alpha value is -0.710. The van der Waals surface area contributed by atoms with Crippen molar-refractivity contribution in [1.82, 2.24) is 4.90 Å². The Balaban J connectivity index is 1.76. The highest BCUT2D eigenvalue weighted by Gasteiger charge is 2.53. The lowest BCUT2D eigenvalue weighted by atomic mass is 9.75. The normalized spacial score (nSPS) is 30.4. The van der Waals surface area contributed by atoms with E-state index in [0.29, 0.717) is 6.42 Å². The summed E-state index contributed by atoms with van der Waals surface area (Å²) in [5.41, 5.74) is -0.461. The number of rotatable bonds is 1. The van der Waals surface area contributed by atoms with E-state index in [1.54, 1.807) is 0 Å². The molecule has 2 heterocycles. The average molecular weight is 283 g/mol. The van der Waals surface area contributed by atoms with E-state index in [9.17, 15) is 9.59 Å². The molecule has 4 nitrogen and oxygen atoms in total. The third kappa shape index (κ3) is 2.49. The molecule has 0 aromatic heterocycles. The fraction of sp³-hybridized carbons (Fsp3) is 0.857. The smallest absolute Gasteiger partial charge is 0.307 e. The van der Waals surface area contributed by atoms with Crippen LogP contribution in [0.4, 0.5) is 0 Å². The van der Waals surface area contributed by atoms with Gasteiger partial charge in [-0.25, -0.2) is 0 Å². The van der Waals surface area contributed by atoms with Crippen molar-refractivity contribution in [2.45, 2.75) is 44.1 Å². The van der Waals surface area contributed by atoms with Crippen LogP contribution in [-0.4, -0.2) is 47.0 Å². The molecule has 0 aromatic rings. The SMILES string of the molecule is O=C1CC(C(=O)N2CCSCC2)C2(CCCCC2)O1. The molecule has 0 aromatic carbocycles. The Morgan fingerprint density at radius 1 is 1.21 bits per heavy atom. The molecule has 1 spiro atoms. The van der Waals surface area contributed by atoms with Gasteiger partial charge in [-0.05, 0) is 25.7 Å². The molecular formula is C14H21NO3S. The van der Waals surface area contributed by atoms with E-state index in [4.69, 9.17) is 4.74 Å². The van der Waals surface area contributed by atoms with Crippen molar-refractivity contribution < 1.29 is 14.3 Å². The van der Waals surface area contributed by atoms with Crippen LogP contribution in [0.25, 0.3) is 0 Å². The highest BCUT2D eigenvalue weighted by Crippen LogP contribution is 2.45. The fourth-order valence-corrected chi connectivity index (χ4v) is 4.51. The number of hydrogen-bond acceptors (Lipinski definition) is 4. The summed E-state index contributed by atoms with van der Waals surface area (Å²) in [4.78, 5) is 26.4. The van der Waals surface area contributed by atoms with E-state index in [-0.39, 0.29) is 17.8 Å². The number of carbonyl (C=O) groups excluding carboxylic acids is 2. The summed E-state index contributed by atoms with van der Waals surface area (Å²) in [6.45, 7) is 1.65. The van der Waals surface area contributed by atoms with Gasteiger partial charge in [0.25, 0.3) is 0 Å². The number of amides is 1. The van der Waals surface area contributed by atoms with E-state index >= 15 is 0 Å². The van der Waals surface area contributed by atoms with Crippen LogP contribution in [0.2, 0.25) is 0 Å². The van der Waals surface area contributed by atoms with Crippen molar-refractivity contribution >= 4 is 23.6 Å². The molecule has 5 heteroatoms. The summed E-state index contributed by atoms with van der Waals surface area (Å²) in [6, 6.07) is 0. The van der Waals surface area contributed by atoms with Gasteiger partial charge in [-0.3, -0.25) is 9.59 Å². The number of nitrogens with zero attached hydrogens (tertiary/aromatic N) is 1. The van der Waals surface area contributed by atoms with Crippen LogP contribution >= 0.6 is 11.8 Å². The summed E-state index contributed by atoms with van der Waals surface area (Å²) < 4.78 is 5.62. The fourth-order valence-electron chi connectivity index (χ4n) is 3.61. The third-order valence-electron chi connectivity index (χ3n) is 4.64. The van der Waals surface area contributed by atoms with Gasteiger partial charge in [0.2, 0.25) is 5.91 Å². The van der Waals surface area contributed by atoms with Gasteiger partial charge in [0.15, 0.2) is 0 Å². The summed E-state index contributed by atoms with van der Waals surface area (Å²) in [5.74, 6) is 1.80. The second-order valence-electron chi connectivity index (χ2n) is 5.79. The first-order valence-corrected chi connectivity index (χ1v) is 8.45. The van der Waals surface area contributed by atoms with Gasteiger partial charge in [-0.1, -0.05) is 6.42 Å². The van der Waals surface area contributed by atoms with Crippen molar-refractivity contribution in [3.63, 3.8) is 0 Å². The first-order valence-electron chi connectivity index (χ1n) is 7.30. The molecule has 1 aliphatic carbocycles. The molecule has 0 N–H and O–H groups in total. The van der Waals surface area contributed by atoms with Crippen LogP contribution in [-0.2, 0) is 14.3 Å². The number of carbonyl (C=O) groups is 2. The second kappa shape index (κ2) is 5.35. The van der Waals surface area contributed by atoms with Crippen LogP contribution in [0, 0.1) is 5.92 Å². The van der Waals surface area contributed by atoms with Gasteiger partial charge in [-0.15, -0.1) is 0 Å². The summed E-state index contributed by atoms with van der Waals surface area (Å²) in [7, 11) is 0. The van der Waals surface area contributed by atoms with Gasteiger partial charge in [0.1, 0.15) is 5.60 Å². The van der Waals surface area contributed by atoms with E-state index in [1.165, 1.54) is 6.42 Å². The van der Waals surface area contributed by atoms with E-state index in [2.05, 4.69) is 0 Å². The molecule has 0 bridgehead atoms. The maximum Gasteiger partial charge on any atom is 0.307 e. The van der Waals surface area contributed by atoms with Crippen molar-refractivity contribution in [3.8, 4) is 0 Å². The molecule has 2 aliphatic heterocycles. The van der Waals surface area contributed by atoms with Crippen molar-refractivity contribution in [1.29, 1.82) is 0 Å². The minimum Gasteiger partial charge on any atom is -0.458 e. The Labute approximate surface area is 118 Å². The van der Waals surface area contributed by atoms with Gasteiger partial charge in [0, 0.05) is 24.6 Å². The standard InChI is InChI=1S/C14H21NO3S/c16-12-10-11(13(17)15-6-8-19-9-7-15)14(18-12)4-2-1-3-5-14/h11H,1-10H2. The summed E-state index contributed by atoms with van der Waals surface area (Å²) in [5, 5.41) is 0. The molecule has 106 valence electrons. The minimum absolute atomic E-state index is 0.160. The number of ether oxygens (including phenoxy) is 1. The van der Waals surface area contributed by atoms with Gasteiger partial charge < -0.3 is 9.64 Å². The third-order valence-corrected chi connectivity index (χ3v) is 5.59. The Morgan fingerprint density at radius 3 is 2.58 bits per heavy atom. The van der Waals surface area contributed by atoms with Gasteiger partial charge in [-0.2, -0.15) is 11.8 Å². The lowest BCUT2D eigenvalue weighted by Gasteiger charge is -2.38. The highest BCUT2D eigenvalue weighted by molar-refractivity contribution is 7.99. The monoisotopic (exact) mass is 283 g/mol. The summed E-state index contributed by atoms with van der Waals surface area (Å²) >= 11 is 1.89. The molecule has 19 heavy (non-hydrogen) atoms. The maximum atomic E-state index is 12.7. The number of thioether (sulfide) groups is 1. The molecule has 3 fully saturated rings. The van der Waals surface area contributed by atoms with Crippen LogP contribution in [0.5, 0.6) is 0 Å². The lowest BCUT2D eigenvalue weighted by Crippen LogP contribution is -2.49. The first-order chi connectivity index (χ1) is 9.21. The van der Waals surface area contributed by atoms with E-state index < -0.39 is 5.60 Å². The zero-order chi connectivity index (χ0) is 13.3. The molecule has 1 atom stereocenters. The van der Waals surface area contributed by atoms with Crippen molar-refractivity contribution in [3.05, 3.63) is 0 Å². The molecular weight excluding hydrogens is 262 g/mol. The number of esters is 1. The Morgan fingerprint density at radius 2 is 1.89 bits per heavy atom. The van der Waals surface area contributed by atoms with Crippen LogP contribution in [0.3, 0.4) is 0 Å². The summed E-state index contributed by atoms with van der Waals surface area (Å²) in [6.07, 6.45) is 5.39. The van der Waals surface area contributed by atoms with Gasteiger partial charge >= 0.3 is 5.97 Å². The Kier molecular flexibility index (Phi) is 3.74. The molecule has 1 amide bonds. The average Bonchev–Trinajstić information content (AvgIpc) is 2.76. The quantitative estimate of drug-likeness (QED) is 0.689. The highest BCUT2D eigenvalue weighted by atomic mass is 32.2. The van der Waals surface area contributed by atoms with Crippen molar-refractivity contribution in [2.24, 2.45) is 5.92 Å². The topological polar surface area (TPSA) is 46.6 Å². The van der Waals surface area contributed by atoms with Crippen LogP contribution in [0.15, 0.2) is 0 Å². The zero-order valence-electron chi connectivity index (χ0n) is 11.2. The maximum absolute atomic E-state index is 12.7. The number of hydrogen-bond donors (Lipinski definition) is 0. The Bertz CT molecular complexity index is 373. The molecule has 0 radical (unpaired) electrons. The minimum atomic E-state index is -0.461. The molecule has 1 unspecified atom stereocenters. The van der Waals surface area contributed by atoms with E-state index in [1.807, 2.05) is 16.7 Å². The first kappa shape index (κ1) is 13.3. The van der Waals surface area contributed by atoms with Crippen molar-refractivity contribution in [2.75, 3.05) is 24.6 Å². The predicted octanol–water partition coefficient (Wildman–Crippen LogP) is 1.83. The van der Waals surface area contributed by atoms with Crippen LogP contribution in [0.1, 0.15) is 38.5 Å². The molecule has 1 saturated carbocycles. The van der Waals surface area contributed by atoms with Crippen LogP contribution < -0.4 is 0 Å². The molecule has 3 rings (SSSR count). The van der Waals surface area contributed by atoms with E-state index in [0.717, 1.165) is 50.3 Å². The zero-order valence-corrected chi connectivity index (χ0v) is 12.0. The molecule has 3 aliphatic rings.